The van der Waals surface area contributed by atoms with Crippen LogP contribution in [-0.4, -0.2) is 36.9 Å². The standard InChI is InChI=1S/C14H20FNO3/c1-3-16(13-8-6-5-7-12(13)15)10-11(17)9-14(18)19-4-2/h5-8,11,17H,3-4,9-10H2,1-2H3. The Kier molecular flexibility index (Phi) is 6.29. The van der Waals surface area contributed by atoms with Crippen molar-refractivity contribution in [3.05, 3.63) is 30.1 Å². The molecule has 106 valence electrons. The van der Waals surface area contributed by atoms with E-state index in [0.717, 1.165) is 0 Å². The van der Waals surface area contributed by atoms with Gasteiger partial charge in [-0.15, -0.1) is 0 Å². The summed E-state index contributed by atoms with van der Waals surface area (Å²) in [7, 11) is 0. The highest BCUT2D eigenvalue weighted by atomic mass is 19.1. The van der Waals surface area contributed by atoms with E-state index in [4.69, 9.17) is 4.74 Å². The molecule has 0 spiro atoms. The second-order valence-electron chi connectivity index (χ2n) is 4.15. The molecule has 0 heterocycles. The fourth-order valence-corrected chi connectivity index (χ4v) is 1.84. The maximum absolute atomic E-state index is 13.6. The highest BCUT2D eigenvalue weighted by Gasteiger charge is 2.17. The number of ether oxygens (including phenoxy) is 1. The normalized spacial score (nSPS) is 12.0. The zero-order valence-electron chi connectivity index (χ0n) is 11.3. The molecule has 0 aromatic heterocycles. The van der Waals surface area contributed by atoms with Crippen molar-refractivity contribution in [2.75, 3.05) is 24.6 Å². The van der Waals surface area contributed by atoms with E-state index < -0.39 is 12.1 Å². The van der Waals surface area contributed by atoms with E-state index in [1.54, 1.807) is 30.0 Å². The Labute approximate surface area is 112 Å². The van der Waals surface area contributed by atoms with Crippen LogP contribution in [0.1, 0.15) is 20.3 Å². The summed E-state index contributed by atoms with van der Waals surface area (Å²) in [4.78, 5) is 12.9. The van der Waals surface area contributed by atoms with Crippen molar-refractivity contribution in [2.45, 2.75) is 26.4 Å². The van der Waals surface area contributed by atoms with Gasteiger partial charge < -0.3 is 14.7 Å². The van der Waals surface area contributed by atoms with E-state index in [-0.39, 0.29) is 25.4 Å². The number of aliphatic hydroxyl groups is 1. The summed E-state index contributed by atoms with van der Waals surface area (Å²) in [5.74, 6) is -0.785. The number of likely N-dealkylation sites (N-methyl/N-ethyl adjacent to an activating group) is 1. The summed E-state index contributed by atoms with van der Waals surface area (Å²) >= 11 is 0. The minimum Gasteiger partial charge on any atom is -0.466 e. The molecule has 1 atom stereocenters. The van der Waals surface area contributed by atoms with Crippen molar-refractivity contribution in [3.63, 3.8) is 0 Å². The van der Waals surface area contributed by atoms with E-state index in [9.17, 15) is 14.3 Å². The van der Waals surface area contributed by atoms with Gasteiger partial charge in [0.25, 0.3) is 0 Å². The number of hydrogen-bond acceptors (Lipinski definition) is 4. The van der Waals surface area contributed by atoms with E-state index in [2.05, 4.69) is 0 Å². The van der Waals surface area contributed by atoms with Gasteiger partial charge in [-0.2, -0.15) is 0 Å². The number of nitrogens with zero attached hydrogens (tertiary/aromatic N) is 1. The number of anilines is 1. The lowest BCUT2D eigenvalue weighted by Gasteiger charge is -2.25. The molecule has 19 heavy (non-hydrogen) atoms. The van der Waals surface area contributed by atoms with Crippen LogP contribution in [0.4, 0.5) is 10.1 Å². The number of para-hydroxylation sites is 1. The Bertz CT molecular complexity index is 411. The molecule has 0 bridgehead atoms. The number of esters is 1. The van der Waals surface area contributed by atoms with Crippen molar-refractivity contribution in [2.24, 2.45) is 0 Å². The Hall–Kier alpha value is -1.62. The monoisotopic (exact) mass is 269 g/mol. The third-order valence-corrected chi connectivity index (χ3v) is 2.71. The van der Waals surface area contributed by atoms with E-state index in [1.807, 2.05) is 6.92 Å². The summed E-state index contributed by atoms with van der Waals surface area (Å²) in [5.41, 5.74) is 0.424. The van der Waals surface area contributed by atoms with Gasteiger partial charge in [-0.25, -0.2) is 4.39 Å². The van der Waals surface area contributed by atoms with Crippen LogP contribution in [0.15, 0.2) is 24.3 Å². The molecular weight excluding hydrogens is 249 g/mol. The van der Waals surface area contributed by atoms with Crippen LogP contribution < -0.4 is 4.90 Å². The molecule has 0 aliphatic rings. The average Bonchev–Trinajstić information content (AvgIpc) is 2.37. The molecule has 1 aromatic rings. The first kappa shape index (κ1) is 15.4. The van der Waals surface area contributed by atoms with E-state index >= 15 is 0 Å². The molecule has 1 rings (SSSR count). The first-order valence-corrected chi connectivity index (χ1v) is 6.41. The van der Waals surface area contributed by atoms with E-state index in [0.29, 0.717) is 12.2 Å². The SMILES string of the molecule is CCOC(=O)CC(O)CN(CC)c1ccccc1F. The van der Waals surface area contributed by atoms with Crippen LogP contribution in [-0.2, 0) is 9.53 Å². The Balaban J connectivity index is 2.62. The summed E-state index contributed by atoms with van der Waals surface area (Å²) in [6.07, 6.45) is -0.961. The quantitative estimate of drug-likeness (QED) is 0.769. The van der Waals surface area contributed by atoms with Crippen molar-refractivity contribution in [1.29, 1.82) is 0 Å². The lowest BCUT2D eigenvalue weighted by atomic mass is 10.2. The molecule has 5 heteroatoms. The first-order valence-electron chi connectivity index (χ1n) is 6.41. The summed E-state index contributed by atoms with van der Waals surface area (Å²) < 4.78 is 18.4. The number of hydrogen-bond donors (Lipinski definition) is 1. The van der Waals surface area contributed by atoms with Gasteiger partial charge >= 0.3 is 5.97 Å². The summed E-state index contributed by atoms with van der Waals surface area (Å²) in [6, 6.07) is 6.37. The van der Waals surface area contributed by atoms with Crippen molar-refractivity contribution < 1.29 is 19.0 Å². The number of halogens is 1. The predicted molar refractivity (Wildman–Crippen MR) is 71.5 cm³/mol. The van der Waals surface area contributed by atoms with Gasteiger partial charge in [-0.1, -0.05) is 12.1 Å². The zero-order valence-corrected chi connectivity index (χ0v) is 11.3. The number of carbonyl (C=O) groups is 1. The third kappa shape index (κ3) is 4.87. The Morgan fingerprint density at radius 2 is 2.11 bits per heavy atom. The van der Waals surface area contributed by atoms with Crippen LogP contribution in [0.5, 0.6) is 0 Å². The molecule has 0 saturated carbocycles. The molecule has 1 N–H and O–H groups in total. The smallest absolute Gasteiger partial charge is 0.308 e. The molecule has 0 saturated heterocycles. The molecule has 1 aromatic carbocycles. The molecule has 1 unspecified atom stereocenters. The third-order valence-electron chi connectivity index (χ3n) is 2.71. The molecular formula is C14H20FNO3. The molecule has 4 nitrogen and oxygen atoms in total. The second kappa shape index (κ2) is 7.74. The number of aliphatic hydroxyl groups excluding tert-OH is 1. The first-order chi connectivity index (χ1) is 9.08. The maximum Gasteiger partial charge on any atom is 0.308 e. The van der Waals surface area contributed by atoms with Crippen molar-refractivity contribution in [3.8, 4) is 0 Å². The van der Waals surface area contributed by atoms with Crippen LogP contribution in [0, 0.1) is 5.82 Å². The zero-order chi connectivity index (χ0) is 14.3. The highest BCUT2D eigenvalue weighted by molar-refractivity contribution is 5.70. The molecule has 0 aliphatic carbocycles. The van der Waals surface area contributed by atoms with Crippen LogP contribution in [0.2, 0.25) is 0 Å². The summed E-state index contributed by atoms with van der Waals surface area (Å²) in [5, 5.41) is 9.84. The molecule has 0 amide bonds. The lowest BCUT2D eigenvalue weighted by Crippen LogP contribution is -2.34. The van der Waals surface area contributed by atoms with E-state index in [1.165, 1.54) is 6.07 Å². The number of rotatable bonds is 7. The Morgan fingerprint density at radius 1 is 1.42 bits per heavy atom. The number of carbonyl (C=O) groups excluding carboxylic acids is 1. The van der Waals surface area contributed by atoms with Gasteiger partial charge in [0.05, 0.1) is 24.8 Å². The lowest BCUT2D eigenvalue weighted by molar-refractivity contribution is -0.145. The van der Waals surface area contributed by atoms with Crippen molar-refractivity contribution >= 4 is 11.7 Å². The summed E-state index contributed by atoms with van der Waals surface area (Å²) in [6.45, 7) is 4.60. The largest absolute Gasteiger partial charge is 0.466 e. The molecule has 0 aliphatic heterocycles. The fraction of sp³-hybridized carbons (Fsp3) is 0.500. The Morgan fingerprint density at radius 3 is 2.68 bits per heavy atom. The van der Waals surface area contributed by atoms with Gasteiger partial charge in [0.15, 0.2) is 0 Å². The minimum absolute atomic E-state index is 0.0845. The van der Waals surface area contributed by atoms with Gasteiger partial charge in [0.1, 0.15) is 5.82 Å². The molecule has 0 radical (unpaired) electrons. The number of benzene rings is 1. The van der Waals surface area contributed by atoms with Crippen LogP contribution in [0.25, 0.3) is 0 Å². The van der Waals surface area contributed by atoms with Gasteiger partial charge in [-0.05, 0) is 26.0 Å². The van der Waals surface area contributed by atoms with Gasteiger partial charge in [-0.3, -0.25) is 4.79 Å². The predicted octanol–water partition coefficient (Wildman–Crippen LogP) is 1.97. The van der Waals surface area contributed by atoms with Gasteiger partial charge in [0.2, 0.25) is 0 Å². The average molecular weight is 269 g/mol. The van der Waals surface area contributed by atoms with Crippen LogP contribution >= 0.6 is 0 Å². The molecule has 0 fully saturated rings. The van der Waals surface area contributed by atoms with Gasteiger partial charge in [0, 0.05) is 13.1 Å². The van der Waals surface area contributed by atoms with Crippen LogP contribution in [0.3, 0.4) is 0 Å². The minimum atomic E-state index is -0.876. The second-order valence-corrected chi connectivity index (χ2v) is 4.15. The fourth-order valence-electron chi connectivity index (χ4n) is 1.84. The topological polar surface area (TPSA) is 49.8 Å². The van der Waals surface area contributed by atoms with Crippen molar-refractivity contribution in [1.82, 2.24) is 0 Å². The highest BCUT2D eigenvalue weighted by Crippen LogP contribution is 2.19. The maximum atomic E-state index is 13.6.